The SMILES string of the molecule is C[C@@H]1CNC[C@H]1CNCC1C(C)(C)C1(C)C. The monoisotopic (exact) mass is 224 g/mol. The lowest BCUT2D eigenvalue weighted by molar-refractivity contribution is 0.406. The van der Waals surface area contributed by atoms with Crippen LogP contribution in [0.4, 0.5) is 0 Å². The average Bonchev–Trinajstić information content (AvgIpc) is 2.52. The minimum absolute atomic E-state index is 0.527. The third kappa shape index (κ3) is 1.91. The van der Waals surface area contributed by atoms with Crippen LogP contribution < -0.4 is 10.6 Å². The quantitative estimate of drug-likeness (QED) is 0.764. The second kappa shape index (κ2) is 3.99. The zero-order chi connectivity index (χ0) is 12.0. The molecular weight excluding hydrogens is 196 g/mol. The van der Waals surface area contributed by atoms with E-state index in [0.29, 0.717) is 10.8 Å². The van der Waals surface area contributed by atoms with Gasteiger partial charge in [0.15, 0.2) is 0 Å². The van der Waals surface area contributed by atoms with Crippen LogP contribution in [0.15, 0.2) is 0 Å². The highest BCUT2D eigenvalue weighted by Crippen LogP contribution is 2.67. The molecule has 0 amide bonds. The first-order chi connectivity index (χ1) is 7.37. The molecule has 94 valence electrons. The Bertz CT molecular complexity index is 243. The summed E-state index contributed by atoms with van der Waals surface area (Å²) in [5.74, 6) is 2.53. The van der Waals surface area contributed by atoms with Gasteiger partial charge in [0.05, 0.1) is 0 Å². The molecule has 2 heteroatoms. The van der Waals surface area contributed by atoms with Crippen molar-refractivity contribution in [3.05, 3.63) is 0 Å². The predicted molar refractivity (Wildman–Crippen MR) is 69.4 cm³/mol. The van der Waals surface area contributed by atoms with Crippen LogP contribution in [-0.4, -0.2) is 26.2 Å². The molecule has 1 aliphatic carbocycles. The summed E-state index contributed by atoms with van der Waals surface area (Å²) in [6.07, 6.45) is 0. The molecule has 2 nitrogen and oxygen atoms in total. The largest absolute Gasteiger partial charge is 0.316 e. The van der Waals surface area contributed by atoms with Crippen molar-refractivity contribution in [3.63, 3.8) is 0 Å². The minimum atomic E-state index is 0.527. The Morgan fingerprint density at radius 3 is 2.12 bits per heavy atom. The van der Waals surface area contributed by atoms with Gasteiger partial charge >= 0.3 is 0 Å². The van der Waals surface area contributed by atoms with Gasteiger partial charge in [-0.1, -0.05) is 34.6 Å². The molecule has 2 atom stereocenters. The normalized spacial score (nSPS) is 36.6. The summed E-state index contributed by atoms with van der Waals surface area (Å²) in [5.41, 5.74) is 1.05. The molecule has 0 aromatic rings. The summed E-state index contributed by atoms with van der Waals surface area (Å²) in [4.78, 5) is 0. The van der Waals surface area contributed by atoms with Crippen LogP contribution in [0.25, 0.3) is 0 Å². The van der Waals surface area contributed by atoms with E-state index in [1.54, 1.807) is 0 Å². The maximum Gasteiger partial charge on any atom is -0.000522 e. The van der Waals surface area contributed by atoms with Crippen LogP contribution in [-0.2, 0) is 0 Å². The van der Waals surface area contributed by atoms with Gasteiger partial charge in [-0.05, 0) is 54.8 Å². The molecular formula is C14H28N2. The minimum Gasteiger partial charge on any atom is -0.316 e. The smallest absolute Gasteiger partial charge is 0.000522 e. The lowest BCUT2D eigenvalue weighted by Crippen LogP contribution is -2.29. The molecule has 2 N–H and O–H groups in total. The highest BCUT2D eigenvalue weighted by molar-refractivity contribution is 5.12. The fraction of sp³-hybridized carbons (Fsp3) is 1.00. The van der Waals surface area contributed by atoms with Gasteiger partial charge in [0.1, 0.15) is 0 Å². The van der Waals surface area contributed by atoms with Gasteiger partial charge in [-0.2, -0.15) is 0 Å². The first kappa shape index (κ1) is 12.4. The Morgan fingerprint density at radius 1 is 1.06 bits per heavy atom. The zero-order valence-corrected chi connectivity index (χ0v) is 11.6. The van der Waals surface area contributed by atoms with E-state index in [1.807, 2.05) is 0 Å². The van der Waals surface area contributed by atoms with Crippen molar-refractivity contribution >= 4 is 0 Å². The first-order valence-corrected chi connectivity index (χ1v) is 6.79. The number of nitrogens with one attached hydrogen (secondary N) is 2. The summed E-state index contributed by atoms with van der Waals surface area (Å²) < 4.78 is 0. The van der Waals surface area contributed by atoms with Crippen molar-refractivity contribution in [1.29, 1.82) is 0 Å². The zero-order valence-electron chi connectivity index (χ0n) is 11.6. The lowest BCUT2D eigenvalue weighted by Gasteiger charge is -2.15. The molecule has 2 aliphatic rings. The number of hydrogen-bond donors (Lipinski definition) is 2. The molecule has 2 fully saturated rings. The van der Waals surface area contributed by atoms with E-state index in [-0.39, 0.29) is 0 Å². The Balaban J connectivity index is 1.70. The maximum absolute atomic E-state index is 3.69. The highest BCUT2D eigenvalue weighted by Gasteiger charge is 2.63. The summed E-state index contributed by atoms with van der Waals surface area (Å²) >= 11 is 0. The fourth-order valence-corrected chi connectivity index (χ4v) is 3.39. The van der Waals surface area contributed by atoms with Crippen molar-refractivity contribution < 1.29 is 0 Å². The molecule has 0 bridgehead atoms. The molecule has 0 aromatic carbocycles. The van der Waals surface area contributed by atoms with Gasteiger partial charge in [0.25, 0.3) is 0 Å². The van der Waals surface area contributed by atoms with Crippen molar-refractivity contribution in [1.82, 2.24) is 10.6 Å². The highest BCUT2D eigenvalue weighted by atomic mass is 15.0. The van der Waals surface area contributed by atoms with Gasteiger partial charge < -0.3 is 10.6 Å². The van der Waals surface area contributed by atoms with Crippen molar-refractivity contribution in [2.45, 2.75) is 34.6 Å². The van der Waals surface area contributed by atoms with E-state index in [4.69, 9.17) is 0 Å². The van der Waals surface area contributed by atoms with Gasteiger partial charge in [0, 0.05) is 0 Å². The standard InChI is InChI=1S/C14H28N2/c1-10-6-15-7-11(10)8-16-9-12-13(2,3)14(12,4)5/h10-12,15-16H,6-9H2,1-5H3/t10-,11+/m1/s1. The van der Waals surface area contributed by atoms with Crippen LogP contribution in [0.2, 0.25) is 0 Å². The molecule has 0 aromatic heterocycles. The maximum atomic E-state index is 3.69. The van der Waals surface area contributed by atoms with Crippen LogP contribution in [0.5, 0.6) is 0 Å². The molecule has 16 heavy (non-hydrogen) atoms. The average molecular weight is 224 g/mol. The molecule has 2 rings (SSSR count). The third-order valence-corrected chi connectivity index (χ3v) is 5.75. The van der Waals surface area contributed by atoms with E-state index in [9.17, 15) is 0 Å². The van der Waals surface area contributed by atoms with Crippen molar-refractivity contribution in [2.24, 2.45) is 28.6 Å². The van der Waals surface area contributed by atoms with Crippen LogP contribution in [0.3, 0.4) is 0 Å². The van der Waals surface area contributed by atoms with Gasteiger partial charge in [0.2, 0.25) is 0 Å². The summed E-state index contributed by atoms with van der Waals surface area (Å²) in [6, 6.07) is 0. The number of rotatable bonds is 4. The summed E-state index contributed by atoms with van der Waals surface area (Å²) in [6.45, 7) is 16.8. The molecule has 1 saturated carbocycles. The van der Waals surface area contributed by atoms with E-state index < -0.39 is 0 Å². The van der Waals surface area contributed by atoms with Gasteiger partial charge in [-0.3, -0.25) is 0 Å². The van der Waals surface area contributed by atoms with E-state index in [0.717, 1.165) is 17.8 Å². The van der Waals surface area contributed by atoms with Gasteiger partial charge in [-0.15, -0.1) is 0 Å². The molecule has 1 heterocycles. The molecule has 0 unspecified atom stereocenters. The Labute approximate surface area is 101 Å². The van der Waals surface area contributed by atoms with E-state index in [1.165, 1.54) is 26.2 Å². The topological polar surface area (TPSA) is 24.1 Å². The van der Waals surface area contributed by atoms with E-state index in [2.05, 4.69) is 45.3 Å². The molecule has 1 saturated heterocycles. The van der Waals surface area contributed by atoms with Crippen molar-refractivity contribution in [3.8, 4) is 0 Å². The van der Waals surface area contributed by atoms with Gasteiger partial charge in [-0.25, -0.2) is 0 Å². The van der Waals surface area contributed by atoms with Crippen molar-refractivity contribution in [2.75, 3.05) is 26.2 Å². The van der Waals surface area contributed by atoms with Crippen LogP contribution in [0.1, 0.15) is 34.6 Å². The fourth-order valence-electron chi connectivity index (χ4n) is 3.39. The number of hydrogen-bond acceptors (Lipinski definition) is 2. The van der Waals surface area contributed by atoms with Crippen LogP contribution >= 0.6 is 0 Å². The third-order valence-electron chi connectivity index (χ3n) is 5.75. The summed E-state index contributed by atoms with van der Waals surface area (Å²) in [7, 11) is 0. The van der Waals surface area contributed by atoms with Crippen LogP contribution in [0, 0.1) is 28.6 Å². The Morgan fingerprint density at radius 2 is 1.69 bits per heavy atom. The Kier molecular flexibility index (Phi) is 3.09. The molecule has 0 spiro atoms. The summed E-state index contributed by atoms with van der Waals surface area (Å²) in [5, 5.41) is 7.16. The first-order valence-electron chi connectivity index (χ1n) is 6.79. The lowest BCUT2D eigenvalue weighted by atomic mass is 9.98. The second-order valence-electron chi connectivity index (χ2n) is 7.05. The molecule has 0 radical (unpaired) electrons. The van der Waals surface area contributed by atoms with E-state index >= 15 is 0 Å². The molecule has 1 aliphatic heterocycles. The Hall–Kier alpha value is -0.0800. The predicted octanol–water partition coefficient (Wildman–Crippen LogP) is 2.11. The second-order valence-corrected chi connectivity index (χ2v) is 7.05.